The van der Waals surface area contributed by atoms with Gasteiger partial charge in [0.05, 0.1) is 12.2 Å². The van der Waals surface area contributed by atoms with Gasteiger partial charge in [-0.15, -0.1) is 0 Å². The summed E-state index contributed by atoms with van der Waals surface area (Å²) in [5, 5.41) is 12.6. The van der Waals surface area contributed by atoms with Crippen LogP contribution in [-0.2, 0) is 17.6 Å². The first-order chi connectivity index (χ1) is 13.5. The van der Waals surface area contributed by atoms with Crippen molar-refractivity contribution in [3.05, 3.63) is 53.6 Å². The van der Waals surface area contributed by atoms with E-state index in [0.717, 1.165) is 49.8 Å². The van der Waals surface area contributed by atoms with E-state index in [9.17, 15) is 9.90 Å². The highest BCUT2D eigenvalue weighted by atomic mass is 16.5. The number of carbonyl (C=O) groups excluding carboxylic acids is 1. The van der Waals surface area contributed by atoms with Crippen LogP contribution < -0.4 is 10.1 Å². The molecule has 2 aromatic carbocycles. The smallest absolute Gasteiger partial charge is 0.216 e. The monoisotopic (exact) mass is 381 g/mol. The van der Waals surface area contributed by atoms with E-state index < -0.39 is 0 Å². The molecule has 0 unspecified atom stereocenters. The number of nitrogens with one attached hydrogen (secondary N) is 1. The van der Waals surface area contributed by atoms with Crippen molar-refractivity contribution in [2.75, 3.05) is 6.54 Å². The molecule has 1 aliphatic rings. The minimum Gasteiger partial charge on any atom is -0.490 e. The normalized spacial score (nSPS) is 19.2. The minimum atomic E-state index is -0.177. The van der Waals surface area contributed by atoms with Crippen molar-refractivity contribution >= 4 is 5.91 Å². The SMILES string of the molecule is CCc1cccc(-c2cc(OC3CCC(O)CC3)ccc2CCNC(C)=O)c1. The Balaban J connectivity index is 1.84. The van der Waals surface area contributed by atoms with E-state index in [1.54, 1.807) is 6.92 Å². The maximum absolute atomic E-state index is 11.2. The molecule has 0 atom stereocenters. The Morgan fingerprint density at radius 3 is 2.64 bits per heavy atom. The highest BCUT2D eigenvalue weighted by Crippen LogP contribution is 2.31. The lowest BCUT2D eigenvalue weighted by atomic mass is 9.94. The zero-order valence-corrected chi connectivity index (χ0v) is 16.9. The van der Waals surface area contributed by atoms with Gasteiger partial charge in [-0.1, -0.05) is 37.3 Å². The second-order valence-corrected chi connectivity index (χ2v) is 7.65. The Kier molecular flexibility index (Phi) is 7.10. The molecule has 2 N–H and O–H groups in total. The fourth-order valence-corrected chi connectivity index (χ4v) is 3.80. The summed E-state index contributed by atoms with van der Waals surface area (Å²) in [6.45, 7) is 4.33. The lowest BCUT2D eigenvalue weighted by molar-refractivity contribution is -0.118. The summed E-state index contributed by atoms with van der Waals surface area (Å²) in [7, 11) is 0. The molecule has 0 aromatic heterocycles. The van der Waals surface area contributed by atoms with Crippen molar-refractivity contribution in [1.29, 1.82) is 0 Å². The predicted octanol–water partition coefficient (Wildman–Crippen LogP) is 4.28. The zero-order chi connectivity index (χ0) is 19.9. The zero-order valence-electron chi connectivity index (χ0n) is 16.9. The third-order valence-corrected chi connectivity index (χ3v) is 5.44. The number of benzene rings is 2. The van der Waals surface area contributed by atoms with Crippen LogP contribution in [0.4, 0.5) is 0 Å². The van der Waals surface area contributed by atoms with E-state index in [2.05, 4.69) is 48.6 Å². The van der Waals surface area contributed by atoms with Gasteiger partial charge in [-0.2, -0.15) is 0 Å². The average molecular weight is 382 g/mol. The topological polar surface area (TPSA) is 58.6 Å². The van der Waals surface area contributed by atoms with Gasteiger partial charge in [-0.25, -0.2) is 0 Å². The van der Waals surface area contributed by atoms with Crippen molar-refractivity contribution < 1.29 is 14.6 Å². The summed E-state index contributed by atoms with van der Waals surface area (Å²) in [6, 6.07) is 14.9. The van der Waals surface area contributed by atoms with Gasteiger partial charge in [-0.3, -0.25) is 4.79 Å². The predicted molar refractivity (Wildman–Crippen MR) is 113 cm³/mol. The van der Waals surface area contributed by atoms with Crippen molar-refractivity contribution in [3.63, 3.8) is 0 Å². The molecule has 150 valence electrons. The number of amides is 1. The number of carbonyl (C=O) groups is 1. The number of aryl methyl sites for hydroxylation is 1. The van der Waals surface area contributed by atoms with Gasteiger partial charge in [0.1, 0.15) is 5.75 Å². The van der Waals surface area contributed by atoms with E-state index in [4.69, 9.17) is 4.74 Å². The maximum atomic E-state index is 11.2. The number of hydrogen-bond acceptors (Lipinski definition) is 3. The highest BCUT2D eigenvalue weighted by molar-refractivity contribution is 5.73. The van der Waals surface area contributed by atoms with Crippen LogP contribution in [0.25, 0.3) is 11.1 Å². The van der Waals surface area contributed by atoms with Crippen LogP contribution in [0.15, 0.2) is 42.5 Å². The number of aliphatic hydroxyl groups is 1. The fourth-order valence-electron chi connectivity index (χ4n) is 3.80. The standard InChI is InChI=1S/C24H31NO3/c1-3-18-5-4-6-20(15-18)24-16-23(28-22-11-8-21(27)9-12-22)10-7-19(24)13-14-25-17(2)26/h4-7,10,15-16,21-22,27H,3,8-9,11-14H2,1-2H3,(H,25,26). The molecule has 0 bridgehead atoms. The average Bonchev–Trinajstić information content (AvgIpc) is 2.70. The molecule has 0 aliphatic heterocycles. The summed E-state index contributed by atoms with van der Waals surface area (Å²) < 4.78 is 6.24. The molecule has 1 aliphatic carbocycles. The molecule has 4 heteroatoms. The molecule has 0 spiro atoms. The van der Waals surface area contributed by atoms with Crippen LogP contribution in [0.5, 0.6) is 5.75 Å². The van der Waals surface area contributed by atoms with Gasteiger partial charge < -0.3 is 15.2 Å². The summed E-state index contributed by atoms with van der Waals surface area (Å²) in [5.74, 6) is 0.871. The van der Waals surface area contributed by atoms with Crippen LogP contribution in [0.1, 0.15) is 50.7 Å². The third kappa shape index (κ3) is 5.59. The van der Waals surface area contributed by atoms with Crippen molar-refractivity contribution in [2.45, 2.75) is 64.6 Å². The molecule has 28 heavy (non-hydrogen) atoms. The Bertz CT molecular complexity index is 794. The van der Waals surface area contributed by atoms with Crippen LogP contribution >= 0.6 is 0 Å². The second-order valence-electron chi connectivity index (χ2n) is 7.65. The molecule has 1 amide bonds. The number of hydrogen-bond donors (Lipinski definition) is 2. The Morgan fingerprint density at radius 1 is 1.14 bits per heavy atom. The van der Waals surface area contributed by atoms with Gasteiger partial charge in [0.2, 0.25) is 5.91 Å². The molecular weight excluding hydrogens is 350 g/mol. The van der Waals surface area contributed by atoms with Crippen molar-refractivity contribution in [1.82, 2.24) is 5.32 Å². The first kappa shape index (κ1) is 20.4. The lowest BCUT2D eigenvalue weighted by Crippen LogP contribution is -2.26. The third-order valence-electron chi connectivity index (χ3n) is 5.44. The highest BCUT2D eigenvalue weighted by Gasteiger charge is 2.21. The van der Waals surface area contributed by atoms with E-state index in [0.29, 0.717) is 6.54 Å². The maximum Gasteiger partial charge on any atom is 0.216 e. The Hall–Kier alpha value is -2.33. The molecule has 4 nitrogen and oxygen atoms in total. The van der Waals surface area contributed by atoms with Gasteiger partial charge in [0, 0.05) is 13.5 Å². The molecule has 3 rings (SSSR count). The van der Waals surface area contributed by atoms with E-state index in [1.807, 2.05) is 6.07 Å². The lowest BCUT2D eigenvalue weighted by Gasteiger charge is -2.26. The van der Waals surface area contributed by atoms with E-state index in [-0.39, 0.29) is 18.1 Å². The van der Waals surface area contributed by atoms with Crippen LogP contribution in [-0.4, -0.2) is 29.8 Å². The van der Waals surface area contributed by atoms with Crippen LogP contribution in [0.3, 0.4) is 0 Å². The fraction of sp³-hybridized carbons (Fsp3) is 0.458. The van der Waals surface area contributed by atoms with Crippen LogP contribution in [0, 0.1) is 0 Å². The van der Waals surface area contributed by atoms with Gasteiger partial charge in [0.25, 0.3) is 0 Å². The van der Waals surface area contributed by atoms with Crippen LogP contribution in [0.2, 0.25) is 0 Å². The summed E-state index contributed by atoms with van der Waals surface area (Å²) in [6.07, 6.45) is 5.18. The molecule has 0 saturated heterocycles. The molecule has 0 radical (unpaired) electrons. The molecule has 1 fully saturated rings. The number of aliphatic hydroxyl groups excluding tert-OH is 1. The quantitative estimate of drug-likeness (QED) is 0.753. The molecule has 2 aromatic rings. The molecule has 1 saturated carbocycles. The summed E-state index contributed by atoms with van der Waals surface area (Å²) in [4.78, 5) is 11.2. The molecule has 0 heterocycles. The van der Waals surface area contributed by atoms with Crippen molar-refractivity contribution in [2.24, 2.45) is 0 Å². The summed E-state index contributed by atoms with van der Waals surface area (Å²) in [5.41, 5.74) is 4.85. The first-order valence-electron chi connectivity index (χ1n) is 10.4. The Morgan fingerprint density at radius 2 is 1.93 bits per heavy atom. The number of rotatable bonds is 7. The van der Waals surface area contributed by atoms with Crippen molar-refractivity contribution in [3.8, 4) is 16.9 Å². The van der Waals surface area contributed by atoms with E-state index >= 15 is 0 Å². The van der Waals surface area contributed by atoms with Gasteiger partial charge >= 0.3 is 0 Å². The minimum absolute atomic E-state index is 0.00558. The number of ether oxygens (including phenoxy) is 1. The largest absolute Gasteiger partial charge is 0.490 e. The first-order valence-corrected chi connectivity index (χ1v) is 10.4. The summed E-state index contributed by atoms with van der Waals surface area (Å²) >= 11 is 0. The Labute approximate surface area is 167 Å². The van der Waals surface area contributed by atoms with E-state index in [1.165, 1.54) is 16.7 Å². The van der Waals surface area contributed by atoms with Gasteiger partial charge in [-0.05, 0) is 72.9 Å². The van der Waals surface area contributed by atoms with Gasteiger partial charge in [0.15, 0.2) is 0 Å². The molecular formula is C24H31NO3. The second kappa shape index (κ2) is 9.74.